The van der Waals surface area contributed by atoms with Crippen LogP contribution in [0.4, 0.5) is 5.82 Å². The highest BCUT2D eigenvalue weighted by Crippen LogP contribution is 2.27. The maximum Gasteiger partial charge on any atom is 0.156 e. The van der Waals surface area contributed by atoms with Gasteiger partial charge in [0.25, 0.3) is 0 Å². The van der Waals surface area contributed by atoms with E-state index in [0.29, 0.717) is 12.5 Å². The first-order valence-corrected chi connectivity index (χ1v) is 6.44. The van der Waals surface area contributed by atoms with Crippen molar-refractivity contribution in [2.24, 2.45) is 11.7 Å². The molecule has 5 nitrogen and oxygen atoms in total. The number of nitrogens with zero attached hydrogens (tertiary/aromatic N) is 3. The van der Waals surface area contributed by atoms with Gasteiger partial charge in [0.05, 0.1) is 12.3 Å². The van der Waals surface area contributed by atoms with Gasteiger partial charge in [0.15, 0.2) is 5.82 Å². The molecule has 1 aliphatic rings. The Morgan fingerprint density at radius 3 is 2.83 bits per heavy atom. The molecule has 0 spiro atoms. The van der Waals surface area contributed by atoms with Crippen molar-refractivity contribution < 1.29 is 4.74 Å². The van der Waals surface area contributed by atoms with E-state index in [9.17, 15) is 0 Å². The summed E-state index contributed by atoms with van der Waals surface area (Å²) < 4.78 is 5.22. The Morgan fingerprint density at radius 1 is 1.39 bits per heavy atom. The number of anilines is 1. The minimum atomic E-state index is 0.517. The van der Waals surface area contributed by atoms with E-state index in [2.05, 4.69) is 22.0 Å². The van der Waals surface area contributed by atoms with Crippen LogP contribution in [0.5, 0.6) is 0 Å². The predicted molar refractivity (Wildman–Crippen MR) is 71.6 cm³/mol. The average molecular weight is 250 g/mol. The van der Waals surface area contributed by atoms with Crippen molar-refractivity contribution in [2.45, 2.75) is 26.8 Å². The number of nitrogens with two attached hydrogens (primary N) is 1. The number of ether oxygens (including phenoxy) is 1. The van der Waals surface area contributed by atoms with Crippen molar-refractivity contribution in [1.82, 2.24) is 10.2 Å². The van der Waals surface area contributed by atoms with Crippen molar-refractivity contribution in [3.05, 3.63) is 16.8 Å². The number of aromatic nitrogens is 2. The number of hydrogen-bond donors (Lipinski definition) is 1. The second-order valence-corrected chi connectivity index (χ2v) is 4.97. The van der Waals surface area contributed by atoms with Gasteiger partial charge >= 0.3 is 0 Å². The van der Waals surface area contributed by atoms with Crippen LogP contribution in [0.1, 0.15) is 23.2 Å². The first-order valence-electron chi connectivity index (χ1n) is 6.44. The van der Waals surface area contributed by atoms with Crippen LogP contribution >= 0.6 is 0 Å². The average Bonchev–Trinajstić information content (AvgIpc) is 2.81. The van der Waals surface area contributed by atoms with E-state index < -0.39 is 0 Å². The summed E-state index contributed by atoms with van der Waals surface area (Å²) in [5, 5.41) is 8.57. The van der Waals surface area contributed by atoms with E-state index in [1.807, 2.05) is 6.92 Å². The summed E-state index contributed by atoms with van der Waals surface area (Å²) in [5.41, 5.74) is 9.12. The maximum absolute atomic E-state index is 5.86. The van der Waals surface area contributed by atoms with Crippen LogP contribution in [0, 0.1) is 19.8 Å². The molecule has 18 heavy (non-hydrogen) atoms. The molecule has 1 aromatic heterocycles. The Balaban J connectivity index is 2.21. The van der Waals surface area contributed by atoms with Gasteiger partial charge in [-0.2, -0.15) is 5.10 Å². The quantitative estimate of drug-likeness (QED) is 0.864. The largest absolute Gasteiger partial charge is 0.384 e. The van der Waals surface area contributed by atoms with Gasteiger partial charge in [0.1, 0.15) is 0 Å². The SMILES string of the molecule is COCC1CCN(c2nnc(C)c(C)c2CN)C1. The Hall–Kier alpha value is -1.20. The number of aryl methyl sites for hydroxylation is 1. The molecular weight excluding hydrogens is 228 g/mol. The van der Waals surface area contributed by atoms with Crippen LogP contribution < -0.4 is 10.6 Å². The Kier molecular flexibility index (Phi) is 4.14. The summed E-state index contributed by atoms with van der Waals surface area (Å²) in [6, 6.07) is 0. The third kappa shape index (κ3) is 2.47. The van der Waals surface area contributed by atoms with Crippen LogP contribution in [0.3, 0.4) is 0 Å². The predicted octanol–water partition coefficient (Wildman–Crippen LogP) is 1.02. The fraction of sp³-hybridized carbons (Fsp3) is 0.692. The fourth-order valence-corrected chi connectivity index (χ4v) is 2.54. The Bertz CT molecular complexity index is 422. The third-order valence-electron chi connectivity index (χ3n) is 3.75. The van der Waals surface area contributed by atoms with Crippen LogP contribution in [0.25, 0.3) is 0 Å². The van der Waals surface area contributed by atoms with Gasteiger partial charge in [-0.25, -0.2) is 0 Å². The van der Waals surface area contributed by atoms with E-state index in [-0.39, 0.29) is 0 Å². The van der Waals surface area contributed by atoms with Crippen molar-refractivity contribution in [3.63, 3.8) is 0 Å². The van der Waals surface area contributed by atoms with Gasteiger partial charge in [0, 0.05) is 38.2 Å². The lowest BCUT2D eigenvalue weighted by molar-refractivity contribution is 0.161. The molecule has 100 valence electrons. The van der Waals surface area contributed by atoms with Crippen LogP contribution in [0.15, 0.2) is 0 Å². The number of hydrogen-bond acceptors (Lipinski definition) is 5. The summed E-state index contributed by atoms with van der Waals surface area (Å²) >= 11 is 0. The molecule has 0 amide bonds. The van der Waals surface area contributed by atoms with Crippen LogP contribution in [0.2, 0.25) is 0 Å². The number of rotatable bonds is 4. The topological polar surface area (TPSA) is 64.3 Å². The van der Waals surface area contributed by atoms with Gasteiger partial charge in [-0.05, 0) is 25.8 Å². The highest BCUT2D eigenvalue weighted by atomic mass is 16.5. The van der Waals surface area contributed by atoms with Gasteiger partial charge in [-0.15, -0.1) is 5.10 Å². The second-order valence-electron chi connectivity index (χ2n) is 4.97. The fourth-order valence-electron chi connectivity index (χ4n) is 2.54. The molecule has 5 heteroatoms. The van der Waals surface area contributed by atoms with Gasteiger partial charge in [0.2, 0.25) is 0 Å². The lowest BCUT2D eigenvalue weighted by Crippen LogP contribution is -2.25. The van der Waals surface area contributed by atoms with Crippen molar-refractivity contribution in [3.8, 4) is 0 Å². The molecular formula is C13H22N4O. The van der Waals surface area contributed by atoms with Crippen molar-refractivity contribution in [1.29, 1.82) is 0 Å². The van der Waals surface area contributed by atoms with Gasteiger partial charge in [-0.3, -0.25) is 0 Å². The molecule has 2 heterocycles. The smallest absolute Gasteiger partial charge is 0.156 e. The summed E-state index contributed by atoms with van der Waals surface area (Å²) in [6.07, 6.45) is 1.15. The summed E-state index contributed by atoms with van der Waals surface area (Å²) in [7, 11) is 1.75. The second kappa shape index (κ2) is 5.63. The van der Waals surface area contributed by atoms with E-state index in [1.54, 1.807) is 7.11 Å². The first kappa shape index (κ1) is 13.2. The molecule has 2 rings (SSSR count). The van der Waals surface area contributed by atoms with E-state index in [1.165, 1.54) is 0 Å². The van der Waals surface area contributed by atoms with Gasteiger partial charge < -0.3 is 15.4 Å². The number of methoxy groups -OCH3 is 1. The highest BCUT2D eigenvalue weighted by molar-refractivity contribution is 5.51. The minimum Gasteiger partial charge on any atom is -0.384 e. The molecule has 0 aliphatic carbocycles. The molecule has 1 aromatic rings. The highest BCUT2D eigenvalue weighted by Gasteiger charge is 2.26. The van der Waals surface area contributed by atoms with Crippen LogP contribution in [-0.4, -0.2) is 37.0 Å². The Labute approximate surface area is 108 Å². The van der Waals surface area contributed by atoms with E-state index in [0.717, 1.165) is 48.8 Å². The lowest BCUT2D eigenvalue weighted by atomic mass is 10.1. The maximum atomic E-state index is 5.86. The van der Waals surface area contributed by atoms with Crippen molar-refractivity contribution in [2.75, 3.05) is 31.7 Å². The summed E-state index contributed by atoms with van der Waals surface area (Å²) in [4.78, 5) is 2.28. The third-order valence-corrected chi connectivity index (χ3v) is 3.75. The lowest BCUT2D eigenvalue weighted by Gasteiger charge is -2.21. The standard InChI is InChI=1S/C13H22N4O/c1-9-10(2)15-16-13(12(9)6-14)17-5-4-11(7-17)8-18-3/h11H,4-8,14H2,1-3H3. The molecule has 0 saturated carbocycles. The molecule has 1 unspecified atom stereocenters. The summed E-state index contributed by atoms with van der Waals surface area (Å²) in [6.45, 7) is 7.37. The van der Waals surface area contributed by atoms with E-state index >= 15 is 0 Å². The molecule has 0 radical (unpaired) electrons. The molecule has 1 aliphatic heterocycles. The molecule has 1 fully saturated rings. The normalized spacial score (nSPS) is 19.6. The minimum absolute atomic E-state index is 0.517. The Morgan fingerprint density at radius 2 is 2.17 bits per heavy atom. The monoisotopic (exact) mass is 250 g/mol. The first-order chi connectivity index (χ1) is 8.67. The van der Waals surface area contributed by atoms with E-state index in [4.69, 9.17) is 10.5 Å². The molecule has 0 bridgehead atoms. The molecule has 0 aromatic carbocycles. The zero-order valence-electron chi connectivity index (χ0n) is 11.4. The zero-order chi connectivity index (χ0) is 13.1. The molecule has 1 atom stereocenters. The van der Waals surface area contributed by atoms with Crippen LogP contribution in [-0.2, 0) is 11.3 Å². The zero-order valence-corrected chi connectivity index (χ0v) is 11.4. The molecule has 1 saturated heterocycles. The summed E-state index contributed by atoms with van der Waals surface area (Å²) in [5.74, 6) is 1.54. The van der Waals surface area contributed by atoms with Crippen molar-refractivity contribution >= 4 is 5.82 Å². The molecule has 2 N–H and O–H groups in total. The van der Waals surface area contributed by atoms with Gasteiger partial charge in [-0.1, -0.05) is 0 Å².